The highest BCUT2D eigenvalue weighted by molar-refractivity contribution is 6.77. The van der Waals surface area contributed by atoms with Crippen molar-refractivity contribution in [3.63, 3.8) is 0 Å². The van der Waals surface area contributed by atoms with Crippen LogP contribution in [0.4, 0.5) is 11.4 Å². The monoisotopic (exact) mass is 545 g/mol. The van der Waals surface area contributed by atoms with E-state index in [4.69, 9.17) is 0 Å². The Balaban J connectivity index is 2.09. The van der Waals surface area contributed by atoms with Gasteiger partial charge in [0, 0.05) is 28.3 Å². The molecule has 0 atom stereocenters. The van der Waals surface area contributed by atoms with Crippen LogP contribution >= 0.6 is 0 Å². The molecule has 0 aliphatic carbocycles. The highest BCUT2D eigenvalue weighted by Gasteiger charge is 2.39. The van der Waals surface area contributed by atoms with Gasteiger partial charge in [-0.3, -0.25) is 0 Å². The van der Waals surface area contributed by atoms with Crippen LogP contribution in [-0.4, -0.2) is 9.12 Å². The molecule has 1 heterocycles. The van der Waals surface area contributed by atoms with Crippen molar-refractivity contribution in [2.45, 2.75) is 86.0 Å². The molecule has 1 aliphatic rings. The summed E-state index contributed by atoms with van der Waals surface area (Å²) in [5.41, 5.74) is 15.2. The molecule has 0 saturated carbocycles. The minimum Gasteiger partial charge on any atom is -0.343 e. The van der Waals surface area contributed by atoms with Gasteiger partial charge in [-0.2, -0.15) is 0 Å². The first kappa shape index (κ1) is 29.5. The second kappa shape index (κ2) is 12.4. The van der Waals surface area contributed by atoms with Crippen LogP contribution in [0.15, 0.2) is 90.8 Å². The van der Waals surface area contributed by atoms with Crippen LogP contribution in [0.3, 0.4) is 0 Å². The second-order valence-corrected chi connectivity index (χ2v) is 13.9. The fraction of sp³-hybridized carbons (Fsp3) is 0.351. The summed E-state index contributed by atoms with van der Waals surface area (Å²) in [5.74, 6) is 5.12. The van der Waals surface area contributed by atoms with Crippen LogP contribution in [0.25, 0.3) is 0 Å². The molecule has 40 heavy (non-hydrogen) atoms. The van der Waals surface area contributed by atoms with Crippen LogP contribution in [-0.2, 0) is 0 Å². The van der Waals surface area contributed by atoms with E-state index in [-0.39, 0.29) is 0 Å². The van der Waals surface area contributed by atoms with Crippen molar-refractivity contribution in [2.75, 3.05) is 9.13 Å². The summed E-state index contributed by atoms with van der Waals surface area (Å²) >= 11 is 0. The van der Waals surface area contributed by atoms with Gasteiger partial charge in [-0.15, -0.1) is 0 Å². The van der Waals surface area contributed by atoms with E-state index in [9.17, 15) is 0 Å². The quantitative estimate of drug-likeness (QED) is 0.225. The summed E-state index contributed by atoms with van der Waals surface area (Å²) in [7, 11) is -1.71. The lowest BCUT2D eigenvalue weighted by atomic mass is 9.92. The topological polar surface area (TPSA) is 6.48 Å². The van der Waals surface area contributed by atoms with Crippen molar-refractivity contribution in [3.8, 4) is 11.5 Å². The molecule has 0 fully saturated rings. The first-order valence-corrected chi connectivity index (χ1v) is 16.1. The summed E-state index contributed by atoms with van der Waals surface area (Å²) in [6.45, 7) is 25.3. The average Bonchev–Trinajstić information content (AvgIpc) is 2.91. The first-order chi connectivity index (χ1) is 19.0. The zero-order chi connectivity index (χ0) is 29.1. The number of benzene rings is 3. The molecule has 1 aliphatic heterocycles. The van der Waals surface area contributed by atoms with Crippen LogP contribution in [0.1, 0.15) is 114 Å². The largest absolute Gasteiger partial charge is 0.403 e. The predicted molar refractivity (Wildman–Crippen MR) is 176 cm³/mol. The number of hydrogen-bond donors (Lipinski definition) is 0. The molecule has 4 rings (SSSR count). The second-order valence-electron chi connectivity index (χ2n) is 12.1. The Morgan fingerprint density at radius 3 is 1.45 bits per heavy atom. The third-order valence-electron chi connectivity index (χ3n) is 7.66. The van der Waals surface area contributed by atoms with Crippen molar-refractivity contribution >= 4 is 20.5 Å². The van der Waals surface area contributed by atoms with Gasteiger partial charge < -0.3 is 9.13 Å². The van der Waals surface area contributed by atoms with Crippen molar-refractivity contribution in [2.24, 2.45) is 0 Å². The third-order valence-corrected chi connectivity index (χ3v) is 9.95. The zero-order valence-corrected chi connectivity index (χ0v) is 26.8. The van der Waals surface area contributed by atoms with Crippen LogP contribution in [0, 0.1) is 11.5 Å². The maximum Gasteiger partial charge on any atom is 0.403 e. The summed E-state index contributed by atoms with van der Waals surface area (Å²) in [5, 5.41) is 0. The zero-order valence-electron chi connectivity index (χ0n) is 25.8. The van der Waals surface area contributed by atoms with Crippen molar-refractivity contribution < 1.29 is 0 Å². The minimum absolute atomic E-state index is 0.376. The van der Waals surface area contributed by atoms with Gasteiger partial charge in [-0.1, -0.05) is 128 Å². The predicted octanol–water partition coefficient (Wildman–Crippen LogP) is 10.0. The summed E-state index contributed by atoms with van der Waals surface area (Å²) in [6.07, 6.45) is 2.26. The molecule has 1 radical (unpaired) electrons. The van der Waals surface area contributed by atoms with E-state index in [0.29, 0.717) is 23.7 Å². The summed E-state index contributed by atoms with van der Waals surface area (Å²) in [6, 6.07) is 24.0. The molecule has 3 aromatic carbocycles. The number of nitrogens with zero attached hydrogens (tertiary/aromatic N) is 2. The van der Waals surface area contributed by atoms with E-state index in [1.807, 2.05) is 0 Å². The number of anilines is 2. The third kappa shape index (κ3) is 5.84. The standard InChI is InChI=1S/C37H45N2Si/c1-25(2)32-18-14-19-33(26(3)4)36(32)38-29(9)24-30(10)39(40(38)23-22-31-16-12-11-13-17-31)37-34(27(5)6)20-15-21-35(37)28(7)8/h11-21,24-28H,9H2,1-8,10H3. The lowest BCUT2D eigenvalue weighted by Crippen LogP contribution is -2.55. The lowest BCUT2D eigenvalue weighted by Gasteiger charge is -2.45. The highest BCUT2D eigenvalue weighted by Crippen LogP contribution is 2.44. The van der Waals surface area contributed by atoms with E-state index < -0.39 is 9.12 Å². The van der Waals surface area contributed by atoms with E-state index in [0.717, 1.165) is 11.3 Å². The molecular weight excluding hydrogens is 501 g/mol. The molecular formula is C37H45N2Si. The molecule has 3 aromatic rings. The molecule has 0 spiro atoms. The smallest absolute Gasteiger partial charge is 0.343 e. The average molecular weight is 546 g/mol. The fourth-order valence-electron chi connectivity index (χ4n) is 5.61. The molecule has 0 unspecified atom stereocenters. The van der Waals surface area contributed by atoms with Crippen LogP contribution < -0.4 is 9.13 Å². The van der Waals surface area contributed by atoms with Crippen molar-refractivity contribution in [1.29, 1.82) is 0 Å². The van der Waals surface area contributed by atoms with Gasteiger partial charge in [0.15, 0.2) is 0 Å². The van der Waals surface area contributed by atoms with Gasteiger partial charge in [-0.05, 0) is 71.1 Å². The Morgan fingerprint density at radius 2 is 1.02 bits per heavy atom. The molecule has 0 amide bonds. The maximum atomic E-state index is 4.65. The summed E-state index contributed by atoms with van der Waals surface area (Å²) < 4.78 is 5.10. The van der Waals surface area contributed by atoms with Crippen molar-refractivity contribution in [1.82, 2.24) is 0 Å². The highest BCUT2D eigenvalue weighted by atomic mass is 28.3. The van der Waals surface area contributed by atoms with E-state index in [1.54, 1.807) is 0 Å². The molecule has 0 aromatic heterocycles. The van der Waals surface area contributed by atoms with Gasteiger partial charge in [-0.25, -0.2) is 0 Å². The van der Waals surface area contributed by atoms with E-state index >= 15 is 0 Å². The molecule has 207 valence electrons. The van der Waals surface area contributed by atoms with Gasteiger partial charge in [0.2, 0.25) is 0 Å². The molecule has 0 bridgehead atoms. The molecule has 0 saturated heterocycles. The van der Waals surface area contributed by atoms with E-state index in [2.05, 4.69) is 162 Å². The Labute approximate surface area is 245 Å². The number of rotatable bonds is 6. The number of allylic oxidation sites excluding steroid dienone is 2. The Morgan fingerprint density at radius 1 is 0.600 bits per heavy atom. The molecule has 3 heteroatoms. The number of para-hydroxylation sites is 2. The normalized spacial score (nSPS) is 14.3. The maximum absolute atomic E-state index is 4.65. The van der Waals surface area contributed by atoms with Gasteiger partial charge in [0.05, 0.1) is 0 Å². The number of hydrogen-bond acceptors (Lipinski definition) is 2. The Bertz CT molecular complexity index is 1400. The van der Waals surface area contributed by atoms with Crippen LogP contribution in [0.5, 0.6) is 0 Å². The van der Waals surface area contributed by atoms with Crippen molar-refractivity contribution in [3.05, 3.63) is 119 Å². The summed E-state index contributed by atoms with van der Waals surface area (Å²) in [4.78, 5) is 0. The fourth-order valence-corrected chi connectivity index (χ4v) is 7.96. The van der Waals surface area contributed by atoms with Gasteiger partial charge >= 0.3 is 9.12 Å². The first-order valence-electron chi connectivity index (χ1n) is 14.7. The van der Waals surface area contributed by atoms with Gasteiger partial charge in [0.1, 0.15) is 0 Å². The van der Waals surface area contributed by atoms with Gasteiger partial charge in [0.25, 0.3) is 0 Å². The Hall–Kier alpha value is -3.48. The SMILES string of the molecule is C=C1C=C(C)N(c2c(C(C)C)cccc2C(C)C)[Si](C#Cc2ccccc2)N1c1c(C(C)C)cccc1C(C)C. The molecule has 2 nitrogen and oxygen atoms in total. The van der Waals surface area contributed by atoms with E-state index in [1.165, 1.54) is 39.3 Å². The lowest BCUT2D eigenvalue weighted by molar-refractivity contribution is 0.824. The van der Waals surface area contributed by atoms with Crippen LogP contribution in [0.2, 0.25) is 0 Å². The minimum atomic E-state index is -1.71. The Kier molecular flexibility index (Phi) is 9.11. The molecule has 0 N–H and O–H groups in total.